The van der Waals surface area contributed by atoms with Crippen LogP contribution in [0.4, 0.5) is 0 Å². The van der Waals surface area contributed by atoms with Crippen LogP contribution < -0.4 is 11.1 Å². The van der Waals surface area contributed by atoms with Gasteiger partial charge in [0.15, 0.2) is 0 Å². The minimum Gasteiger partial charge on any atom is -0.316 e. The molecule has 1 heterocycles. The Morgan fingerprint density at radius 2 is 1.90 bits per heavy atom. The van der Waals surface area contributed by atoms with E-state index >= 15 is 0 Å². The Morgan fingerprint density at radius 3 is 2.70 bits per heavy atom. The number of hydrogen-bond donors (Lipinski definition) is 2. The van der Waals surface area contributed by atoms with Gasteiger partial charge in [-0.2, -0.15) is 0 Å². The molecule has 0 saturated heterocycles. The Bertz CT molecular complexity index is 680. The van der Waals surface area contributed by atoms with E-state index in [9.17, 15) is 0 Å². The standard InChI is InChI=1S/C27H41ClN2/c1-3-19-10-12-22(17-26(19)28)24-15-18(2)7-6-9-23(24)21-13-11-20-8-4-5-14-30-27(29)25(20)16-21/h3-5,17,19-21,23-27,30H,1-2,6-16,29H2. The summed E-state index contributed by atoms with van der Waals surface area (Å²) in [6.07, 6.45) is 21.7. The average Bonchev–Trinajstić information content (AvgIpc) is 2.93. The molecule has 0 bridgehead atoms. The minimum atomic E-state index is 0.106. The third-order valence-corrected chi connectivity index (χ3v) is 9.10. The fraction of sp³-hybridized carbons (Fsp3) is 0.704. The predicted molar refractivity (Wildman–Crippen MR) is 129 cm³/mol. The molecule has 30 heavy (non-hydrogen) atoms. The summed E-state index contributed by atoms with van der Waals surface area (Å²) in [7, 11) is 0. The molecule has 2 fully saturated rings. The Kier molecular flexibility index (Phi) is 7.60. The number of nitrogens with two attached hydrogens (primary N) is 1. The Balaban J connectivity index is 1.55. The van der Waals surface area contributed by atoms with E-state index in [4.69, 9.17) is 17.3 Å². The van der Waals surface area contributed by atoms with Crippen molar-refractivity contribution in [1.29, 1.82) is 0 Å². The normalized spacial score (nSPS) is 43.0. The van der Waals surface area contributed by atoms with Gasteiger partial charge in [-0.1, -0.05) is 42.0 Å². The summed E-state index contributed by atoms with van der Waals surface area (Å²) in [6.45, 7) is 9.34. The van der Waals surface area contributed by atoms with Crippen LogP contribution in [0, 0.1) is 35.5 Å². The van der Waals surface area contributed by atoms with Gasteiger partial charge in [0.25, 0.3) is 0 Å². The van der Waals surface area contributed by atoms with Crippen molar-refractivity contribution in [3.63, 3.8) is 0 Å². The van der Waals surface area contributed by atoms with E-state index in [2.05, 4.69) is 36.7 Å². The highest BCUT2D eigenvalue weighted by atomic mass is 35.5. The first kappa shape index (κ1) is 22.4. The van der Waals surface area contributed by atoms with E-state index < -0.39 is 0 Å². The SMILES string of the molecule is C=CC1CCC(C2CC(=C)CCCC2C2CCC3CC=CCNC(N)C3C2)=CC1Cl. The smallest absolute Gasteiger partial charge is 0.0581 e. The molecule has 0 aromatic heterocycles. The summed E-state index contributed by atoms with van der Waals surface area (Å²) in [5, 5.41) is 3.66. The van der Waals surface area contributed by atoms with Gasteiger partial charge in [-0.05, 0) is 99.7 Å². The molecule has 3 N–H and O–H groups in total. The number of nitrogens with one attached hydrogen (secondary N) is 1. The summed E-state index contributed by atoms with van der Waals surface area (Å²) in [5.41, 5.74) is 9.70. The first-order valence-electron chi connectivity index (χ1n) is 12.3. The highest BCUT2D eigenvalue weighted by molar-refractivity contribution is 6.22. The highest BCUT2D eigenvalue weighted by Crippen LogP contribution is 2.49. The fourth-order valence-electron chi connectivity index (χ4n) is 6.92. The van der Waals surface area contributed by atoms with Gasteiger partial charge in [0, 0.05) is 6.54 Å². The molecule has 8 unspecified atom stereocenters. The molecule has 3 heteroatoms. The van der Waals surface area contributed by atoms with Crippen molar-refractivity contribution in [1.82, 2.24) is 5.32 Å². The van der Waals surface area contributed by atoms with E-state index in [0.717, 1.165) is 37.1 Å². The largest absolute Gasteiger partial charge is 0.316 e. The van der Waals surface area contributed by atoms with Gasteiger partial charge in [-0.25, -0.2) is 0 Å². The molecule has 1 aliphatic heterocycles. The quantitative estimate of drug-likeness (QED) is 0.312. The molecule has 4 rings (SSSR count). The van der Waals surface area contributed by atoms with Gasteiger partial charge in [-0.3, -0.25) is 5.32 Å². The highest BCUT2D eigenvalue weighted by Gasteiger charge is 2.41. The number of allylic oxidation sites excluding steroid dienone is 5. The summed E-state index contributed by atoms with van der Waals surface area (Å²) < 4.78 is 0. The van der Waals surface area contributed by atoms with Gasteiger partial charge in [-0.15, -0.1) is 18.2 Å². The van der Waals surface area contributed by atoms with Crippen LogP contribution in [0.1, 0.15) is 64.2 Å². The van der Waals surface area contributed by atoms with Gasteiger partial charge in [0.1, 0.15) is 0 Å². The van der Waals surface area contributed by atoms with E-state index in [1.54, 1.807) is 5.57 Å². The van der Waals surface area contributed by atoms with Gasteiger partial charge in [0.05, 0.1) is 11.5 Å². The molecule has 0 radical (unpaired) electrons. The number of halogens is 1. The first-order valence-corrected chi connectivity index (χ1v) is 12.8. The Morgan fingerprint density at radius 1 is 1.07 bits per heavy atom. The lowest BCUT2D eigenvalue weighted by Crippen LogP contribution is -2.50. The number of fused-ring (bicyclic) bond motifs is 1. The zero-order chi connectivity index (χ0) is 21.1. The molecule has 0 amide bonds. The zero-order valence-electron chi connectivity index (χ0n) is 18.6. The summed E-state index contributed by atoms with van der Waals surface area (Å²) in [5.74, 6) is 3.94. The van der Waals surface area contributed by atoms with Crippen LogP contribution in [-0.2, 0) is 0 Å². The van der Waals surface area contributed by atoms with Crippen LogP contribution >= 0.6 is 11.6 Å². The Labute approximate surface area is 189 Å². The second-order valence-corrected chi connectivity index (χ2v) is 10.9. The van der Waals surface area contributed by atoms with E-state index in [1.165, 1.54) is 56.9 Å². The van der Waals surface area contributed by atoms with Crippen molar-refractivity contribution in [3.8, 4) is 0 Å². The molecule has 2 nitrogen and oxygen atoms in total. The lowest BCUT2D eigenvalue weighted by molar-refractivity contribution is 0.0856. The molecular weight excluding hydrogens is 388 g/mol. The second-order valence-electron chi connectivity index (χ2n) is 10.4. The Hall–Kier alpha value is -0.830. The minimum absolute atomic E-state index is 0.106. The van der Waals surface area contributed by atoms with Crippen LogP contribution in [0.2, 0.25) is 0 Å². The fourth-order valence-corrected chi connectivity index (χ4v) is 7.31. The lowest BCUT2D eigenvalue weighted by atomic mass is 9.62. The average molecular weight is 429 g/mol. The molecule has 0 aromatic rings. The van der Waals surface area contributed by atoms with Gasteiger partial charge in [0.2, 0.25) is 0 Å². The van der Waals surface area contributed by atoms with Crippen molar-refractivity contribution >= 4 is 11.6 Å². The van der Waals surface area contributed by atoms with Crippen molar-refractivity contribution in [2.75, 3.05) is 6.54 Å². The maximum absolute atomic E-state index is 6.75. The third-order valence-electron chi connectivity index (χ3n) is 8.65. The molecule has 2 saturated carbocycles. The van der Waals surface area contributed by atoms with Crippen molar-refractivity contribution in [2.24, 2.45) is 41.2 Å². The van der Waals surface area contributed by atoms with E-state index in [-0.39, 0.29) is 11.5 Å². The van der Waals surface area contributed by atoms with Crippen LogP contribution in [0.3, 0.4) is 0 Å². The number of rotatable bonds is 3. The van der Waals surface area contributed by atoms with Crippen molar-refractivity contribution in [2.45, 2.75) is 75.8 Å². The maximum Gasteiger partial charge on any atom is 0.0581 e. The van der Waals surface area contributed by atoms with Crippen molar-refractivity contribution in [3.05, 3.63) is 48.6 Å². The van der Waals surface area contributed by atoms with E-state index in [1.807, 2.05) is 6.08 Å². The zero-order valence-corrected chi connectivity index (χ0v) is 19.3. The molecule has 4 aliphatic rings. The molecule has 0 aromatic carbocycles. The van der Waals surface area contributed by atoms with Crippen molar-refractivity contribution < 1.29 is 0 Å². The maximum atomic E-state index is 6.75. The molecule has 3 aliphatic carbocycles. The molecule has 8 atom stereocenters. The summed E-state index contributed by atoms with van der Waals surface area (Å²) in [6, 6.07) is 0. The second kappa shape index (κ2) is 10.2. The topological polar surface area (TPSA) is 38.0 Å². The lowest BCUT2D eigenvalue weighted by Gasteiger charge is -2.45. The number of hydrogen-bond acceptors (Lipinski definition) is 2. The van der Waals surface area contributed by atoms with E-state index in [0.29, 0.717) is 17.8 Å². The molecule has 0 spiro atoms. The molecular formula is C27H41ClN2. The third kappa shape index (κ3) is 4.97. The van der Waals surface area contributed by atoms with Crippen LogP contribution in [0.25, 0.3) is 0 Å². The van der Waals surface area contributed by atoms with Crippen LogP contribution in [0.5, 0.6) is 0 Å². The monoisotopic (exact) mass is 428 g/mol. The molecule has 166 valence electrons. The predicted octanol–water partition coefficient (Wildman–Crippen LogP) is 6.35. The summed E-state index contributed by atoms with van der Waals surface area (Å²) >= 11 is 6.75. The first-order chi connectivity index (χ1) is 14.6. The van der Waals surface area contributed by atoms with Gasteiger partial charge < -0.3 is 5.73 Å². The van der Waals surface area contributed by atoms with Crippen LogP contribution in [-0.4, -0.2) is 18.1 Å². The number of alkyl halides is 1. The summed E-state index contributed by atoms with van der Waals surface area (Å²) in [4.78, 5) is 0. The van der Waals surface area contributed by atoms with Crippen LogP contribution in [0.15, 0.2) is 48.6 Å². The van der Waals surface area contributed by atoms with Gasteiger partial charge >= 0.3 is 0 Å².